The Morgan fingerprint density at radius 2 is 1.19 bits per heavy atom. The topological polar surface area (TPSA) is 43.4 Å². The zero-order valence-corrected chi connectivity index (χ0v) is 20.2. The highest BCUT2D eigenvalue weighted by Gasteiger charge is 2.13. The third-order valence-corrected chi connectivity index (χ3v) is 6.10. The fourth-order valence-corrected chi connectivity index (χ4v) is 3.81. The smallest absolute Gasteiger partial charge is 0.266 e. The highest BCUT2D eigenvalue weighted by Crippen LogP contribution is 2.14. The number of aryl methyl sites for hydroxylation is 1. The van der Waals surface area contributed by atoms with Crippen molar-refractivity contribution in [3.05, 3.63) is 78.4 Å². The molecular formula is C27H40O3S. The molecule has 31 heavy (non-hydrogen) atoms. The van der Waals surface area contributed by atoms with Gasteiger partial charge in [-0.1, -0.05) is 86.1 Å². The van der Waals surface area contributed by atoms with Crippen molar-refractivity contribution in [3.63, 3.8) is 0 Å². The predicted molar refractivity (Wildman–Crippen MR) is 133 cm³/mol. The molecule has 0 bridgehead atoms. The Morgan fingerprint density at radius 1 is 0.710 bits per heavy atom. The molecule has 172 valence electrons. The number of rotatable bonds is 17. The minimum Gasteiger partial charge on any atom is -0.266 e. The third-order valence-electron chi connectivity index (χ3n) is 4.77. The van der Waals surface area contributed by atoms with Crippen molar-refractivity contribution in [1.82, 2.24) is 0 Å². The SMILES string of the molecule is CCCCC/C=C\C/C=C\C/C=C\C/C=C\CCCCOS(=O)(=O)c1ccc(C)cc1. The molecule has 0 amide bonds. The summed E-state index contributed by atoms with van der Waals surface area (Å²) in [6, 6.07) is 6.73. The molecule has 0 atom stereocenters. The van der Waals surface area contributed by atoms with Gasteiger partial charge in [0.1, 0.15) is 0 Å². The largest absolute Gasteiger partial charge is 0.296 e. The minimum absolute atomic E-state index is 0.221. The van der Waals surface area contributed by atoms with Crippen LogP contribution in [0.3, 0.4) is 0 Å². The van der Waals surface area contributed by atoms with E-state index in [1.54, 1.807) is 24.3 Å². The summed E-state index contributed by atoms with van der Waals surface area (Å²) in [4.78, 5) is 0.221. The number of hydrogen-bond donors (Lipinski definition) is 0. The number of benzene rings is 1. The van der Waals surface area contributed by atoms with Crippen LogP contribution in [0.2, 0.25) is 0 Å². The van der Waals surface area contributed by atoms with Gasteiger partial charge in [0.2, 0.25) is 0 Å². The van der Waals surface area contributed by atoms with Crippen LogP contribution < -0.4 is 0 Å². The van der Waals surface area contributed by atoms with Gasteiger partial charge in [-0.25, -0.2) is 0 Å². The molecule has 0 saturated carbocycles. The highest BCUT2D eigenvalue weighted by atomic mass is 32.2. The van der Waals surface area contributed by atoms with E-state index in [2.05, 4.69) is 55.5 Å². The second kappa shape index (κ2) is 17.7. The van der Waals surface area contributed by atoms with Crippen LogP contribution in [0, 0.1) is 6.92 Å². The van der Waals surface area contributed by atoms with Crippen LogP contribution in [-0.4, -0.2) is 15.0 Å². The molecule has 0 aliphatic rings. The van der Waals surface area contributed by atoms with Crippen molar-refractivity contribution in [3.8, 4) is 0 Å². The molecule has 0 unspecified atom stereocenters. The van der Waals surface area contributed by atoms with Gasteiger partial charge in [0.15, 0.2) is 0 Å². The summed E-state index contributed by atoms with van der Waals surface area (Å²) in [5.41, 5.74) is 1.03. The van der Waals surface area contributed by atoms with Crippen LogP contribution in [0.5, 0.6) is 0 Å². The lowest BCUT2D eigenvalue weighted by molar-refractivity contribution is 0.309. The molecular weight excluding hydrogens is 404 g/mol. The molecule has 4 heteroatoms. The van der Waals surface area contributed by atoms with Gasteiger partial charge in [0.25, 0.3) is 10.1 Å². The quantitative estimate of drug-likeness (QED) is 0.140. The van der Waals surface area contributed by atoms with E-state index in [-0.39, 0.29) is 11.5 Å². The average Bonchev–Trinajstić information content (AvgIpc) is 2.75. The lowest BCUT2D eigenvalue weighted by Gasteiger charge is -2.05. The van der Waals surface area contributed by atoms with Gasteiger partial charge in [0, 0.05) is 0 Å². The third kappa shape index (κ3) is 14.7. The van der Waals surface area contributed by atoms with Crippen LogP contribution in [-0.2, 0) is 14.3 Å². The van der Waals surface area contributed by atoms with Gasteiger partial charge < -0.3 is 0 Å². The minimum atomic E-state index is -3.64. The van der Waals surface area contributed by atoms with E-state index in [1.807, 2.05) is 6.92 Å². The van der Waals surface area contributed by atoms with Crippen molar-refractivity contribution in [2.75, 3.05) is 6.61 Å². The lowest BCUT2D eigenvalue weighted by Crippen LogP contribution is -2.07. The standard InChI is InChI=1S/C27H40O3S/c1-3-4-5-6-7-8-9-10-11-12-13-14-15-16-17-18-19-20-25-30-31(28,29)27-23-21-26(2)22-24-27/h7-8,10-11,13-14,16-17,21-24H,3-6,9,12,15,18-20,25H2,1-2H3/b8-7-,11-10-,14-13-,17-16-. The molecule has 3 nitrogen and oxygen atoms in total. The van der Waals surface area contributed by atoms with Gasteiger partial charge in [-0.15, -0.1) is 0 Å². The van der Waals surface area contributed by atoms with E-state index in [4.69, 9.17) is 4.18 Å². The van der Waals surface area contributed by atoms with Crippen LogP contribution in [0.25, 0.3) is 0 Å². The zero-order chi connectivity index (χ0) is 22.6. The molecule has 0 spiro atoms. The first-order valence-corrected chi connectivity index (χ1v) is 13.0. The Bertz CT molecular complexity index is 784. The van der Waals surface area contributed by atoms with E-state index >= 15 is 0 Å². The van der Waals surface area contributed by atoms with E-state index in [0.29, 0.717) is 0 Å². The molecule has 0 radical (unpaired) electrons. The first-order chi connectivity index (χ1) is 15.1. The van der Waals surface area contributed by atoms with Crippen molar-refractivity contribution in [1.29, 1.82) is 0 Å². The highest BCUT2D eigenvalue weighted by molar-refractivity contribution is 7.86. The summed E-state index contributed by atoms with van der Waals surface area (Å²) in [5.74, 6) is 0. The van der Waals surface area contributed by atoms with Gasteiger partial charge in [-0.3, -0.25) is 4.18 Å². The predicted octanol–water partition coefficient (Wildman–Crippen LogP) is 7.85. The van der Waals surface area contributed by atoms with E-state index < -0.39 is 10.1 Å². The Labute approximate surface area is 190 Å². The molecule has 0 heterocycles. The molecule has 0 aromatic heterocycles. The van der Waals surface area contributed by atoms with Gasteiger partial charge in [-0.2, -0.15) is 8.42 Å². The average molecular weight is 445 g/mol. The summed E-state index contributed by atoms with van der Waals surface area (Å²) in [6.07, 6.45) is 28.3. The van der Waals surface area contributed by atoms with Crippen LogP contribution in [0.4, 0.5) is 0 Å². The summed E-state index contributed by atoms with van der Waals surface area (Å²) < 4.78 is 29.3. The molecule has 0 N–H and O–H groups in total. The normalized spacial score (nSPS) is 12.8. The first-order valence-electron chi connectivity index (χ1n) is 11.6. The monoisotopic (exact) mass is 444 g/mol. The summed E-state index contributed by atoms with van der Waals surface area (Å²) >= 11 is 0. The number of hydrogen-bond acceptors (Lipinski definition) is 3. The zero-order valence-electron chi connectivity index (χ0n) is 19.3. The molecule has 1 aromatic carbocycles. The van der Waals surface area contributed by atoms with Crippen molar-refractivity contribution in [2.24, 2.45) is 0 Å². The maximum Gasteiger partial charge on any atom is 0.296 e. The molecule has 0 aliphatic carbocycles. The molecule has 1 rings (SSSR count). The van der Waals surface area contributed by atoms with Gasteiger partial charge in [0.05, 0.1) is 11.5 Å². The Kier molecular flexibility index (Phi) is 15.5. The first kappa shape index (κ1) is 27.1. The second-order valence-corrected chi connectivity index (χ2v) is 9.29. The van der Waals surface area contributed by atoms with Crippen molar-refractivity contribution >= 4 is 10.1 Å². The molecule has 0 saturated heterocycles. The second-order valence-electron chi connectivity index (χ2n) is 7.67. The summed E-state index contributed by atoms with van der Waals surface area (Å²) in [7, 11) is -3.64. The van der Waals surface area contributed by atoms with Crippen LogP contribution in [0.1, 0.15) is 76.7 Å². The van der Waals surface area contributed by atoms with E-state index in [0.717, 1.165) is 44.1 Å². The van der Waals surface area contributed by atoms with Crippen LogP contribution >= 0.6 is 0 Å². The Hall–Kier alpha value is -1.91. The number of unbranched alkanes of at least 4 members (excludes halogenated alkanes) is 5. The Morgan fingerprint density at radius 3 is 1.71 bits per heavy atom. The van der Waals surface area contributed by atoms with Crippen molar-refractivity contribution in [2.45, 2.75) is 83.0 Å². The van der Waals surface area contributed by atoms with E-state index in [9.17, 15) is 8.42 Å². The molecule has 0 aliphatic heterocycles. The maximum atomic E-state index is 12.1. The molecule has 0 fully saturated rings. The fraction of sp³-hybridized carbons (Fsp3) is 0.481. The van der Waals surface area contributed by atoms with Gasteiger partial charge in [-0.05, 0) is 70.4 Å². The van der Waals surface area contributed by atoms with Crippen molar-refractivity contribution < 1.29 is 12.6 Å². The number of allylic oxidation sites excluding steroid dienone is 8. The van der Waals surface area contributed by atoms with Gasteiger partial charge >= 0.3 is 0 Å². The van der Waals surface area contributed by atoms with E-state index in [1.165, 1.54) is 25.7 Å². The summed E-state index contributed by atoms with van der Waals surface area (Å²) in [6.45, 7) is 4.38. The summed E-state index contributed by atoms with van der Waals surface area (Å²) in [5, 5.41) is 0. The lowest BCUT2D eigenvalue weighted by atomic mass is 10.2. The Balaban J connectivity index is 2.01. The van der Waals surface area contributed by atoms with Crippen LogP contribution in [0.15, 0.2) is 77.8 Å². The maximum absolute atomic E-state index is 12.1. The molecule has 1 aromatic rings. The fourth-order valence-electron chi connectivity index (χ4n) is 2.87.